The van der Waals surface area contributed by atoms with Gasteiger partial charge in [0.15, 0.2) is 11.5 Å². The molecule has 2 rings (SSSR count). The molecule has 0 saturated carbocycles. The second kappa shape index (κ2) is 5.27. The first kappa shape index (κ1) is 12.0. The molecule has 0 spiro atoms. The van der Waals surface area contributed by atoms with Crippen LogP contribution in [0.2, 0.25) is 0 Å². The lowest BCUT2D eigenvalue weighted by Gasteiger charge is -2.17. The average molecular weight is 243 g/mol. The summed E-state index contributed by atoms with van der Waals surface area (Å²) in [5.41, 5.74) is 1.11. The van der Waals surface area contributed by atoms with Crippen molar-refractivity contribution in [2.45, 2.75) is 6.54 Å². The lowest BCUT2D eigenvalue weighted by molar-refractivity contribution is 0.0689. The molecule has 0 atom stereocenters. The van der Waals surface area contributed by atoms with E-state index in [1.165, 1.54) is 6.07 Å². The molecule has 0 bridgehead atoms. The topological polar surface area (TPSA) is 66.3 Å². The number of carbonyl (C=O) groups is 1. The van der Waals surface area contributed by atoms with Gasteiger partial charge in [0.25, 0.3) is 0 Å². The van der Waals surface area contributed by atoms with Crippen LogP contribution in [0.1, 0.15) is 16.1 Å². The van der Waals surface area contributed by atoms with Crippen LogP contribution in [-0.2, 0) is 6.54 Å². The van der Waals surface area contributed by atoms with Crippen molar-refractivity contribution in [2.75, 3.05) is 11.9 Å². The van der Waals surface area contributed by atoms with Crippen LogP contribution in [0.3, 0.4) is 0 Å². The molecule has 5 nitrogen and oxygen atoms in total. The molecule has 1 aromatic carbocycles. The van der Waals surface area contributed by atoms with Crippen LogP contribution in [0.5, 0.6) is 0 Å². The van der Waals surface area contributed by atoms with Crippen LogP contribution in [0.15, 0.2) is 42.5 Å². The van der Waals surface area contributed by atoms with Crippen molar-refractivity contribution in [1.82, 2.24) is 10.2 Å². The fraction of sp³-hybridized carbons (Fsp3) is 0.154. The standard InChI is InChI=1S/C13H13N3O2/c1-16(9-10-5-3-2-4-6-10)12-8-7-11(13(17)18)14-15-12/h2-8H,9H2,1H3,(H,17,18). The van der Waals surface area contributed by atoms with Gasteiger partial charge in [0, 0.05) is 13.6 Å². The van der Waals surface area contributed by atoms with Crippen molar-refractivity contribution in [2.24, 2.45) is 0 Å². The third kappa shape index (κ3) is 2.82. The average Bonchev–Trinajstić information content (AvgIpc) is 2.40. The van der Waals surface area contributed by atoms with E-state index < -0.39 is 5.97 Å². The molecule has 2 aromatic rings. The number of aromatic carboxylic acids is 1. The van der Waals surface area contributed by atoms with Crippen LogP contribution in [0.25, 0.3) is 0 Å². The van der Waals surface area contributed by atoms with Gasteiger partial charge in [-0.15, -0.1) is 10.2 Å². The monoisotopic (exact) mass is 243 g/mol. The number of hydrogen-bond acceptors (Lipinski definition) is 4. The number of anilines is 1. The number of benzene rings is 1. The molecule has 0 amide bonds. The van der Waals surface area contributed by atoms with E-state index in [9.17, 15) is 4.79 Å². The first-order chi connectivity index (χ1) is 8.66. The van der Waals surface area contributed by atoms with Gasteiger partial charge in [-0.05, 0) is 17.7 Å². The van der Waals surface area contributed by atoms with Crippen molar-refractivity contribution in [3.63, 3.8) is 0 Å². The minimum absolute atomic E-state index is 0.0492. The molecule has 92 valence electrons. The predicted molar refractivity (Wildman–Crippen MR) is 67.5 cm³/mol. The van der Waals surface area contributed by atoms with Crippen molar-refractivity contribution >= 4 is 11.8 Å². The smallest absolute Gasteiger partial charge is 0.356 e. The first-order valence-corrected chi connectivity index (χ1v) is 5.49. The van der Waals surface area contributed by atoms with Gasteiger partial charge >= 0.3 is 5.97 Å². The summed E-state index contributed by atoms with van der Waals surface area (Å²) in [6, 6.07) is 13.1. The molecule has 0 aliphatic rings. The van der Waals surface area contributed by atoms with Gasteiger partial charge < -0.3 is 10.0 Å². The Morgan fingerprint density at radius 1 is 1.17 bits per heavy atom. The summed E-state index contributed by atoms with van der Waals surface area (Å²) in [5.74, 6) is -0.427. The summed E-state index contributed by atoms with van der Waals surface area (Å²) in [6.07, 6.45) is 0. The maximum Gasteiger partial charge on any atom is 0.356 e. The summed E-state index contributed by atoms with van der Waals surface area (Å²) in [4.78, 5) is 12.6. The molecule has 5 heteroatoms. The highest BCUT2D eigenvalue weighted by atomic mass is 16.4. The normalized spacial score (nSPS) is 10.1. The largest absolute Gasteiger partial charge is 0.476 e. The fourth-order valence-electron chi connectivity index (χ4n) is 1.58. The van der Waals surface area contributed by atoms with Crippen LogP contribution >= 0.6 is 0 Å². The molecular weight excluding hydrogens is 230 g/mol. The van der Waals surface area contributed by atoms with Crippen molar-refractivity contribution in [1.29, 1.82) is 0 Å². The van der Waals surface area contributed by atoms with E-state index in [1.54, 1.807) is 6.07 Å². The molecule has 0 saturated heterocycles. The molecule has 0 unspecified atom stereocenters. The molecular formula is C13H13N3O2. The van der Waals surface area contributed by atoms with E-state index in [4.69, 9.17) is 5.11 Å². The Labute approximate surface area is 105 Å². The molecule has 1 aromatic heterocycles. The molecule has 0 aliphatic carbocycles. The quantitative estimate of drug-likeness (QED) is 0.887. The van der Waals surface area contributed by atoms with Gasteiger partial charge in [-0.2, -0.15) is 0 Å². The second-order valence-corrected chi connectivity index (χ2v) is 3.92. The molecule has 18 heavy (non-hydrogen) atoms. The van der Waals surface area contributed by atoms with Crippen molar-refractivity contribution in [3.8, 4) is 0 Å². The summed E-state index contributed by atoms with van der Waals surface area (Å²) in [7, 11) is 1.89. The van der Waals surface area contributed by atoms with E-state index in [-0.39, 0.29) is 5.69 Å². The lowest BCUT2D eigenvalue weighted by atomic mass is 10.2. The van der Waals surface area contributed by atoms with Crippen LogP contribution in [-0.4, -0.2) is 28.3 Å². The SMILES string of the molecule is CN(Cc1ccccc1)c1ccc(C(=O)O)nn1. The van der Waals surface area contributed by atoms with E-state index in [1.807, 2.05) is 42.3 Å². The highest BCUT2D eigenvalue weighted by Gasteiger charge is 2.08. The number of rotatable bonds is 4. The van der Waals surface area contributed by atoms with E-state index >= 15 is 0 Å². The maximum atomic E-state index is 10.7. The number of hydrogen-bond donors (Lipinski definition) is 1. The Kier molecular flexibility index (Phi) is 3.52. The molecule has 0 fully saturated rings. The van der Waals surface area contributed by atoms with Gasteiger partial charge in [0.05, 0.1) is 0 Å². The molecule has 1 N–H and O–H groups in total. The fourth-order valence-corrected chi connectivity index (χ4v) is 1.58. The highest BCUT2D eigenvalue weighted by molar-refractivity contribution is 5.85. The third-order valence-electron chi connectivity index (χ3n) is 2.52. The summed E-state index contributed by atoms with van der Waals surface area (Å²) in [6.45, 7) is 0.696. The van der Waals surface area contributed by atoms with E-state index in [0.29, 0.717) is 12.4 Å². The summed E-state index contributed by atoms with van der Waals surface area (Å²) >= 11 is 0. The first-order valence-electron chi connectivity index (χ1n) is 5.49. The van der Waals surface area contributed by atoms with Crippen LogP contribution in [0, 0.1) is 0 Å². The number of carboxylic acids is 1. The number of nitrogens with zero attached hydrogens (tertiary/aromatic N) is 3. The lowest BCUT2D eigenvalue weighted by Crippen LogP contribution is -2.18. The molecule has 0 radical (unpaired) electrons. The summed E-state index contributed by atoms with van der Waals surface area (Å²) < 4.78 is 0. The zero-order valence-corrected chi connectivity index (χ0v) is 9.95. The third-order valence-corrected chi connectivity index (χ3v) is 2.52. The van der Waals surface area contributed by atoms with Crippen molar-refractivity contribution < 1.29 is 9.90 Å². The second-order valence-electron chi connectivity index (χ2n) is 3.92. The Hall–Kier alpha value is -2.43. The van der Waals surface area contributed by atoms with Crippen LogP contribution < -0.4 is 4.90 Å². The van der Waals surface area contributed by atoms with Gasteiger partial charge in [0.2, 0.25) is 0 Å². The van der Waals surface area contributed by atoms with Crippen molar-refractivity contribution in [3.05, 3.63) is 53.7 Å². The predicted octanol–water partition coefficient (Wildman–Crippen LogP) is 1.81. The van der Waals surface area contributed by atoms with Crippen LogP contribution in [0.4, 0.5) is 5.82 Å². The highest BCUT2D eigenvalue weighted by Crippen LogP contribution is 2.11. The van der Waals surface area contributed by atoms with Gasteiger partial charge in [0.1, 0.15) is 0 Å². The Morgan fingerprint density at radius 3 is 2.44 bits per heavy atom. The van der Waals surface area contributed by atoms with E-state index in [2.05, 4.69) is 10.2 Å². The Morgan fingerprint density at radius 2 is 1.89 bits per heavy atom. The Bertz CT molecular complexity index is 526. The van der Waals surface area contributed by atoms with Gasteiger partial charge in [-0.1, -0.05) is 30.3 Å². The number of aromatic nitrogens is 2. The zero-order valence-electron chi connectivity index (χ0n) is 9.95. The molecule has 0 aliphatic heterocycles. The maximum absolute atomic E-state index is 10.7. The minimum Gasteiger partial charge on any atom is -0.476 e. The molecule has 1 heterocycles. The van der Waals surface area contributed by atoms with Gasteiger partial charge in [-0.3, -0.25) is 0 Å². The van der Waals surface area contributed by atoms with E-state index in [0.717, 1.165) is 5.56 Å². The number of carboxylic acid groups (broad SMARTS) is 1. The van der Waals surface area contributed by atoms with Gasteiger partial charge in [-0.25, -0.2) is 4.79 Å². The minimum atomic E-state index is -1.07. The Balaban J connectivity index is 2.09. The zero-order chi connectivity index (χ0) is 13.0. The summed E-state index contributed by atoms with van der Waals surface area (Å²) in [5, 5.41) is 16.3.